The van der Waals surface area contributed by atoms with Crippen LogP contribution in [0.25, 0.3) is 0 Å². The standard InChI is InChI=1S/C18H24N2O3/c1-12-3-5-15(6-4-12)20-10-8-16(18(20)23)17(22)19-9-7-14(11-19)13(2)21/h3-6,13-14,16,21H,7-11H2,1-2H3. The second kappa shape index (κ2) is 6.32. The first-order valence-corrected chi connectivity index (χ1v) is 8.32. The molecule has 124 valence electrons. The quantitative estimate of drug-likeness (QED) is 0.861. The first kappa shape index (κ1) is 16.0. The molecule has 3 unspecified atom stereocenters. The van der Waals surface area contributed by atoms with E-state index in [9.17, 15) is 14.7 Å². The molecule has 0 aromatic heterocycles. The van der Waals surface area contributed by atoms with Crippen molar-refractivity contribution in [3.8, 4) is 0 Å². The topological polar surface area (TPSA) is 60.9 Å². The van der Waals surface area contributed by atoms with Crippen molar-refractivity contribution < 1.29 is 14.7 Å². The van der Waals surface area contributed by atoms with Crippen LogP contribution < -0.4 is 4.90 Å². The predicted octanol–water partition coefficient (Wildman–Crippen LogP) is 1.58. The highest BCUT2D eigenvalue weighted by Gasteiger charge is 2.41. The Hall–Kier alpha value is -1.88. The molecule has 1 aromatic rings. The minimum absolute atomic E-state index is 0.0761. The lowest BCUT2D eigenvalue weighted by atomic mass is 10.0. The monoisotopic (exact) mass is 316 g/mol. The van der Waals surface area contributed by atoms with Gasteiger partial charge in [-0.2, -0.15) is 0 Å². The second-order valence-electron chi connectivity index (χ2n) is 6.74. The van der Waals surface area contributed by atoms with E-state index < -0.39 is 12.0 Å². The number of amides is 2. The van der Waals surface area contributed by atoms with E-state index in [4.69, 9.17) is 0 Å². The van der Waals surface area contributed by atoms with Gasteiger partial charge in [-0.3, -0.25) is 9.59 Å². The van der Waals surface area contributed by atoms with Crippen LogP contribution in [0.1, 0.15) is 25.3 Å². The van der Waals surface area contributed by atoms with Crippen molar-refractivity contribution >= 4 is 17.5 Å². The predicted molar refractivity (Wildman–Crippen MR) is 88.0 cm³/mol. The number of likely N-dealkylation sites (tertiary alicyclic amines) is 1. The molecule has 0 spiro atoms. The molecule has 0 aliphatic carbocycles. The number of aryl methyl sites for hydroxylation is 1. The molecule has 2 amide bonds. The molecule has 0 bridgehead atoms. The van der Waals surface area contributed by atoms with Crippen LogP contribution in [0, 0.1) is 18.8 Å². The lowest BCUT2D eigenvalue weighted by Crippen LogP contribution is -2.39. The largest absolute Gasteiger partial charge is 0.393 e. The average Bonchev–Trinajstić information content (AvgIpc) is 3.15. The molecule has 2 aliphatic rings. The summed E-state index contributed by atoms with van der Waals surface area (Å²) >= 11 is 0. The number of carbonyl (C=O) groups is 2. The summed E-state index contributed by atoms with van der Waals surface area (Å²) in [4.78, 5) is 28.7. The first-order valence-electron chi connectivity index (χ1n) is 8.32. The number of anilines is 1. The van der Waals surface area contributed by atoms with Crippen molar-refractivity contribution in [1.82, 2.24) is 4.90 Å². The van der Waals surface area contributed by atoms with Gasteiger partial charge in [0.25, 0.3) is 0 Å². The smallest absolute Gasteiger partial charge is 0.239 e. The van der Waals surface area contributed by atoms with E-state index in [1.54, 1.807) is 16.7 Å². The number of nitrogens with zero attached hydrogens (tertiary/aromatic N) is 2. The number of rotatable bonds is 3. The highest BCUT2D eigenvalue weighted by molar-refractivity contribution is 6.09. The molecule has 5 nitrogen and oxygen atoms in total. The molecule has 3 rings (SSSR count). The summed E-state index contributed by atoms with van der Waals surface area (Å²) in [6.45, 7) is 5.56. The van der Waals surface area contributed by atoms with Crippen LogP contribution in [0.4, 0.5) is 5.69 Å². The van der Waals surface area contributed by atoms with Crippen molar-refractivity contribution in [3.05, 3.63) is 29.8 Å². The Kier molecular flexibility index (Phi) is 4.39. The van der Waals surface area contributed by atoms with E-state index in [2.05, 4.69) is 0 Å². The van der Waals surface area contributed by atoms with Gasteiger partial charge in [-0.05, 0) is 38.8 Å². The van der Waals surface area contributed by atoms with Crippen LogP contribution >= 0.6 is 0 Å². The Morgan fingerprint density at radius 1 is 1.22 bits per heavy atom. The molecule has 0 saturated carbocycles. The number of aliphatic hydroxyl groups excluding tert-OH is 1. The molecular weight excluding hydrogens is 292 g/mol. The molecule has 5 heteroatoms. The number of hydrogen-bond donors (Lipinski definition) is 1. The van der Waals surface area contributed by atoms with Gasteiger partial charge in [0.05, 0.1) is 6.10 Å². The molecule has 1 aromatic carbocycles. The minimum atomic E-state index is -0.566. The van der Waals surface area contributed by atoms with E-state index >= 15 is 0 Å². The van der Waals surface area contributed by atoms with Gasteiger partial charge in [0.2, 0.25) is 11.8 Å². The molecule has 23 heavy (non-hydrogen) atoms. The summed E-state index contributed by atoms with van der Waals surface area (Å²) in [6, 6.07) is 7.82. The average molecular weight is 316 g/mol. The SMILES string of the molecule is Cc1ccc(N2CCC(C(=O)N3CCC(C(C)O)C3)C2=O)cc1. The molecule has 2 fully saturated rings. The normalized spacial score (nSPS) is 26.0. The second-order valence-corrected chi connectivity index (χ2v) is 6.74. The van der Waals surface area contributed by atoms with Crippen molar-refractivity contribution in [2.24, 2.45) is 11.8 Å². The zero-order valence-corrected chi connectivity index (χ0v) is 13.7. The molecule has 1 N–H and O–H groups in total. The Labute approximate surface area is 136 Å². The van der Waals surface area contributed by atoms with Gasteiger partial charge in [-0.15, -0.1) is 0 Å². The first-order chi connectivity index (χ1) is 11.0. The number of aliphatic hydroxyl groups is 1. The molecule has 2 aliphatic heterocycles. The molecule has 2 saturated heterocycles. The van der Waals surface area contributed by atoms with Crippen molar-refractivity contribution in [2.75, 3.05) is 24.5 Å². The highest BCUT2D eigenvalue weighted by Crippen LogP contribution is 2.29. The number of carbonyl (C=O) groups excluding carboxylic acids is 2. The fourth-order valence-electron chi connectivity index (χ4n) is 3.49. The summed E-state index contributed by atoms with van der Waals surface area (Å²) in [7, 11) is 0. The zero-order valence-electron chi connectivity index (χ0n) is 13.7. The van der Waals surface area contributed by atoms with E-state index in [0.29, 0.717) is 26.1 Å². The molecule has 2 heterocycles. The van der Waals surface area contributed by atoms with E-state index in [0.717, 1.165) is 17.7 Å². The third-order valence-electron chi connectivity index (χ3n) is 5.07. The Morgan fingerprint density at radius 3 is 2.52 bits per heavy atom. The van der Waals surface area contributed by atoms with Gasteiger partial charge in [-0.1, -0.05) is 17.7 Å². The van der Waals surface area contributed by atoms with Crippen molar-refractivity contribution in [1.29, 1.82) is 0 Å². The third-order valence-corrected chi connectivity index (χ3v) is 5.07. The minimum Gasteiger partial charge on any atom is -0.393 e. The summed E-state index contributed by atoms with van der Waals surface area (Å²) in [5.74, 6) is -0.611. The van der Waals surface area contributed by atoms with Gasteiger partial charge in [-0.25, -0.2) is 0 Å². The Balaban J connectivity index is 1.67. The zero-order chi connectivity index (χ0) is 16.6. The summed E-state index contributed by atoms with van der Waals surface area (Å²) in [6.07, 6.45) is 0.976. The fourth-order valence-corrected chi connectivity index (χ4v) is 3.49. The lowest BCUT2D eigenvalue weighted by Gasteiger charge is -2.21. The van der Waals surface area contributed by atoms with Gasteiger partial charge < -0.3 is 14.9 Å². The van der Waals surface area contributed by atoms with Crippen molar-refractivity contribution in [3.63, 3.8) is 0 Å². The van der Waals surface area contributed by atoms with Crippen LogP contribution in [-0.4, -0.2) is 47.6 Å². The van der Waals surface area contributed by atoms with Crippen LogP contribution in [0.3, 0.4) is 0 Å². The van der Waals surface area contributed by atoms with Crippen LogP contribution in [0.5, 0.6) is 0 Å². The fraction of sp³-hybridized carbons (Fsp3) is 0.556. The van der Waals surface area contributed by atoms with Gasteiger partial charge in [0, 0.05) is 31.2 Å². The molecule has 3 atom stereocenters. The van der Waals surface area contributed by atoms with Crippen LogP contribution in [0.15, 0.2) is 24.3 Å². The number of benzene rings is 1. The summed E-state index contributed by atoms with van der Waals surface area (Å²) in [5.41, 5.74) is 2.01. The van der Waals surface area contributed by atoms with Crippen LogP contribution in [0.2, 0.25) is 0 Å². The summed E-state index contributed by atoms with van der Waals surface area (Å²) in [5, 5.41) is 9.67. The maximum Gasteiger partial charge on any atom is 0.239 e. The van der Waals surface area contributed by atoms with E-state index in [-0.39, 0.29) is 17.7 Å². The maximum atomic E-state index is 12.7. The summed E-state index contributed by atoms with van der Waals surface area (Å²) < 4.78 is 0. The van der Waals surface area contributed by atoms with Gasteiger partial charge in [0.15, 0.2) is 0 Å². The Morgan fingerprint density at radius 2 is 1.91 bits per heavy atom. The van der Waals surface area contributed by atoms with Crippen LogP contribution in [-0.2, 0) is 9.59 Å². The lowest BCUT2D eigenvalue weighted by molar-refractivity contribution is -0.139. The molecule has 0 radical (unpaired) electrons. The maximum absolute atomic E-state index is 12.7. The molecular formula is C18H24N2O3. The number of hydrogen-bond acceptors (Lipinski definition) is 3. The van der Waals surface area contributed by atoms with E-state index in [1.807, 2.05) is 31.2 Å². The third kappa shape index (κ3) is 3.11. The van der Waals surface area contributed by atoms with Gasteiger partial charge in [0.1, 0.15) is 5.92 Å². The highest BCUT2D eigenvalue weighted by atomic mass is 16.3. The van der Waals surface area contributed by atoms with Gasteiger partial charge >= 0.3 is 0 Å². The van der Waals surface area contributed by atoms with E-state index in [1.165, 1.54) is 0 Å². The Bertz CT molecular complexity index is 597. The van der Waals surface area contributed by atoms with Crippen molar-refractivity contribution in [2.45, 2.75) is 32.8 Å².